The van der Waals surface area contributed by atoms with E-state index >= 15 is 0 Å². The van der Waals surface area contributed by atoms with E-state index < -0.39 is 0 Å². The van der Waals surface area contributed by atoms with Crippen LogP contribution in [0.5, 0.6) is 0 Å². The number of carbonyl (C=O) groups excluding carboxylic acids is 1. The molecule has 1 rings (SSSR count). The number of benzene rings is 1. The normalized spacial score (nSPS) is 12.5. The highest BCUT2D eigenvalue weighted by molar-refractivity contribution is 14.1. The molecule has 0 heterocycles. The zero-order valence-corrected chi connectivity index (χ0v) is 12.3. The van der Waals surface area contributed by atoms with Gasteiger partial charge in [0.1, 0.15) is 0 Å². The smallest absolute Gasteiger partial charge is 0.252 e. The van der Waals surface area contributed by atoms with Crippen LogP contribution in [0.25, 0.3) is 0 Å². The maximum absolute atomic E-state index is 12.1. The minimum Gasteiger partial charge on any atom is -0.396 e. The Morgan fingerprint density at radius 1 is 1.41 bits per heavy atom. The molecule has 0 aliphatic heterocycles. The first-order valence-corrected chi connectivity index (χ1v) is 6.80. The molecule has 1 atom stereocenters. The van der Waals surface area contributed by atoms with Gasteiger partial charge in [-0.15, -0.1) is 0 Å². The van der Waals surface area contributed by atoms with E-state index in [1.54, 1.807) is 0 Å². The lowest BCUT2D eigenvalue weighted by molar-refractivity contribution is 0.0915. The predicted molar refractivity (Wildman–Crippen MR) is 77.0 cm³/mol. The standard InChI is InChI=1S/C13H18INO2/c1-9(2)12(7-8-16)15-13(17)10-5-3-4-6-11(10)14/h3-6,9,12,16H,7-8H2,1-2H3,(H,15,17). The van der Waals surface area contributed by atoms with Crippen molar-refractivity contribution in [2.75, 3.05) is 6.61 Å². The van der Waals surface area contributed by atoms with Crippen molar-refractivity contribution < 1.29 is 9.90 Å². The van der Waals surface area contributed by atoms with Crippen LogP contribution in [0.4, 0.5) is 0 Å². The lowest BCUT2D eigenvalue weighted by Crippen LogP contribution is -2.39. The molecule has 0 aromatic heterocycles. The van der Waals surface area contributed by atoms with Crippen LogP contribution >= 0.6 is 22.6 Å². The highest BCUT2D eigenvalue weighted by Gasteiger charge is 2.17. The summed E-state index contributed by atoms with van der Waals surface area (Å²) in [4.78, 5) is 12.1. The van der Waals surface area contributed by atoms with Gasteiger partial charge in [-0.2, -0.15) is 0 Å². The van der Waals surface area contributed by atoms with Crippen molar-refractivity contribution in [3.8, 4) is 0 Å². The summed E-state index contributed by atoms with van der Waals surface area (Å²) < 4.78 is 0.939. The number of nitrogens with one attached hydrogen (secondary N) is 1. The zero-order valence-electron chi connectivity index (χ0n) is 10.1. The van der Waals surface area contributed by atoms with E-state index in [2.05, 4.69) is 27.9 Å². The van der Waals surface area contributed by atoms with E-state index in [1.807, 2.05) is 38.1 Å². The molecule has 0 saturated carbocycles. The summed E-state index contributed by atoms with van der Waals surface area (Å²) in [6.45, 7) is 4.17. The molecule has 0 bridgehead atoms. The Balaban J connectivity index is 2.74. The van der Waals surface area contributed by atoms with Gasteiger partial charge in [0.25, 0.3) is 5.91 Å². The lowest BCUT2D eigenvalue weighted by atomic mass is 10.0. The number of hydrogen-bond donors (Lipinski definition) is 2. The van der Waals surface area contributed by atoms with Gasteiger partial charge >= 0.3 is 0 Å². The minimum absolute atomic E-state index is 0.0171. The van der Waals surface area contributed by atoms with E-state index in [9.17, 15) is 4.79 Å². The molecule has 1 aromatic rings. The minimum atomic E-state index is -0.0675. The second kappa shape index (κ2) is 6.96. The summed E-state index contributed by atoms with van der Waals surface area (Å²) in [5.74, 6) is 0.245. The van der Waals surface area contributed by atoms with Gasteiger partial charge in [0.15, 0.2) is 0 Å². The summed E-state index contributed by atoms with van der Waals surface area (Å²) in [5.41, 5.74) is 0.691. The number of amides is 1. The summed E-state index contributed by atoms with van der Waals surface area (Å²) in [5, 5.41) is 11.9. The van der Waals surface area contributed by atoms with Crippen molar-refractivity contribution in [2.24, 2.45) is 5.92 Å². The van der Waals surface area contributed by atoms with Crippen LogP contribution in [-0.4, -0.2) is 23.7 Å². The highest BCUT2D eigenvalue weighted by Crippen LogP contribution is 2.13. The molecule has 94 valence electrons. The van der Waals surface area contributed by atoms with Crippen LogP contribution in [0.1, 0.15) is 30.6 Å². The maximum Gasteiger partial charge on any atom is 0.252 e. The fourth-order valence-corrected chi connectivity index (χ4v) is 2.24. The average Bonchev–Trinajstić information content (AvgIpc) is 2.28. The Bertz CT molecular complexity index is 379. The summed E-state index contributed by atoms with van der Waals surface area (Å²) in [6.07, 6.45) is 0.590. The number of aliphatic hydroxyl groups excluding tert-OH is 1. The Morgan fingerprint density at radius 2 is 2.06 bits per heavy atom. The monoisotopic (exact) mass is 347 g/mol. The SMILES string of the molecule is CC(C)C(CCO)NC(=O)c1ccccc1I. The van der Waals surface area contributed by atoms with Crippen LogP contribution in [-0.2, 0) is 0 Å². The Labute approximate surface area is 116 Å². The number of rotatable bonds is 5. The predicted octanol–water partition coefficient (Wildman–Crippen LogP) is 2.43. The van der Waals surface area contributed by atoms with Crippen molar-refractivity contribution in [3.05, 3.63) is 33.4 Å². The Kier molecular flexibility index (Phi) is 5.91. The van der Waals surface area contributed by atoms with Crippen molar-refractivity contribution in [3.63, 3.8) is 0 Å². The van der Waals surface area contributed by atoms with Gasteiger partial charge in [0.05, 0.1) is 5.56 Å². The van der Waals surface area contributed by atoms with Crippen LogP contribution in [0.2, 0.25) is 0 Å². The van der Waals surface area contributed by atoms with Crippen LogP contribution in [0.3, 0.4) is 0 Å². The second-order valence-corrected chi connectivity index (χ2v) is 5.48. The van der Waals surface area contributed by atoms with Gasteiger partial charge < -0.3 is 10.4 Å². The molecule has 3 nitrogen and oxygen atoms in total. The van der Waals surface area contributed by atoms with Crippen molar-refractivity contribution in [1.82, 2.24) is 5.32 Å². The summed E-state index contributed by atoms with van der Waals surface area (Å²) >= 11 is 2.15. The van der Waals surface area contributed by atoms with Crippen molar-refractivity contribution in [1.29, 1.82) is 0 Å². The molecule has 4 heteroatoms. The number of aliphatic hydroxyl groups is 1. The van der Waals surface area contributed by atoms with E-state index in [1.165, 1.54) is 0 Å². The molecule has 1 aromatic carbocycles. The molecule has 0 fully saturated rings. The van der Waals surface area contributed by atoms with E-state index in [4.69, 9.17) is 5.11 Å². The van der Waals surface area contributed by atoms with E-state index in [0.29, 0.717) is 17.9 Å². The molecule has 0 spiro atoms. The number of carbonyl (C=O) groups is 1. The third kappa shape index (κ3) is 4.27. The fourth-order valence-electron chi connectivity index (χ4n) is 1.60. The second-order valence-electron chi connectivity index (χ2n) is 4.32. The average molecular weight is 347 g/mol. The third-order valence-electron chi connectivity index (χ3n) is 2.68. The van der Waals surface area contributed by atoms with Crippen LogP contribution < -0.4 is 5.32 Å². The molecule has 1 unspecified atom stereocenters. The number of hydrogen-bond acceptors (Lipinski definition) is 2. The molecule has 0 radical (unpaired) electrons. The largest absolute Gasteiger partial charge is 0.396 e. The van der Waals surface area contributed by atoms with Gasteiger partial charge in [0.2, 0.25) is 0 Å². The maximum atomic E-state index is 12.1. The molecule has 0 aliphatic rings. The Hall–Kier alpha value is -0.620. The molecule has 0 aliphatic carbocycles. The fraction of sp³-hybridized carbons (Fsp3) is 0.462. The molecular weight excluding hydrogens is 329 g/mol. The van der Waals surface area contributed by atoms with E-state index in [-0.39, 0.29) is 18.6 Å². The van der Waals surface area contributed by atoms with Gasteiger partial charge in [-0.25, -0.2) is 0 Å². The summed E-state index contributed by atoms with van der Waals surface area (Å²) in [6, 6.07) is 7.50. The molecular formula is C13H18INO2. The third-order valence-corrected chi connectivity index (χ3v) is 3.62. The number of halogens is 1. The molecule has 0 saturated heterocycles. The van der Waals surface area contributed by atoms with Crippen LogP contribution in [0.15, 0.2) is 24.3 Å². The van der Waals surface area contributed by atoms with Gasteiger partial charge in [-0.1, -0.05) is 26.0 Å². The summed E-state index contributed by atoms with van der Waals surface area (Å²) in [7, 11) is 0. The zero-order chi connectivity index (χ0) is 12.8. The van der Waals surface area contributed by atoms with Crippen molar-refractivity contribution >= 4 is 28.5 Å². The van der Waals surface area contributed by atoms with Crippen molar-refractivity contribution in [2.45, 2.75) is 26.3 Å². The Morgan fingerprint density at radius 3 is 2.59 bits per heavy atom. The van der Waals surface area contributed by atoms with E-state index in [0.717, 1.165) is 3.57 Å². The molecule has 2 N–H and O–H groups in total. The first-order valence-electron chi connectivity index (χ1n) is 5.72. The lowest BCUT2D eigenvalue weighted by Gasteiger charge is -2.21. The topological polar surface area (TPSA) is 49.3 Å². The first-order chi connectivity index (χ1) is 8.06. The molecule has 1 amide bonds. The van der Waals surface area contributed by atoms with Gasteiger partial charge in [-0.05, 0) is 47.1 Å². The quantitative estimate of drug-likeness (QED) is 0.804. The first kappa shape index (κ1) is 14.4. The van der Waals surface area contributed by atoms with Crippen LogP contribution in [0, 0.1) is 9.49 Å². The molecule has 17 heavy (non-hydrogen) atoms. The highest BCUT2D eigenvalue weighted by atomic mass is 127. The van der Waals surface area contributed by atoms with Gasteiger partial charge in [-0.3, -0.25) is 4.79 Å². The van der Waals surface area contributed by atoms with Gasteiger partial charge in [0, 0.05) is 16.2 Å².